The molecule has 5 nitrogen and oxygen atoms in total. The lowest BCUT2D eigenvalue weighted by Crippen LogP contribution is -2.39. The van der Waals surface area contributed by atoms with E-state index in [1.807, 2.05) is 17.5 Å². The number of amides is 3. The lowest BCUT2D eigenvalue weighted by Gasteiger charge is -2.12. The van der Waals surface area contributed by atoms with Gasteiger partial charge in [-0.3, -0.25) is 4.79 Å². The van der Waals surface area contributed by atoms with Crippen LogP contribution in [0.15, 0.2) is 22.6 Å². The normalized spacial score (nSPS) is 19.5. The molecule has 1 aliphatic rings. The number of carbonyl (C=O) groups excluding carboxylic acids is 2. The van der Waals surface area contributed by atoms with Crippen molar-refractivity contribution in [1.82, 2.24) is 10.3 Å². The van der Waals surface area contributed by atoms with Crippen LogP contribution in [0.3, 0.4) is 0 Å². The average Bonchev–Trinajstić information content (AvgIpc) is 2.74. The van der Waals surface area contributed by atoms with Crippen LogP contribution >= 0.6 is 11.3 Å². The number of hydrogen-bond donors (Lipinski definition) is 1. The number of hydrogen-bond acceptors (Lipinski definition) is 4. The summed E-state index contributed by atoms with van der Waals surface area (Å²) in [6, 6.07) is 3.25. The Morgan fingerprint density at radius 3 is 2.75 bits per heavy atom. The summed E-state index contributed by atoms with van der Waals surface area (Å²) in [4.78, 5) is 24.1. The first-order chi connectivity index (χ1) is 7.50. The van der Waals surface area contributed by atoms with Crippen LogP contribution in [-0.4, -0.2) is 28.7 Å². The van der Waals surface area contributed by atoms with Gasteiger partial charge in [-0.2, -0.15) is 5.10 Å². The number of thiophene rings is 1. The van der Waals surface area contributed by atoms with Gasteiger partial charge in [0.05, 0.1) is 6.21 Å². The third-order valence-corrected chi connectivity index (χ3v) is 2.99. The molecule has 16 heavy (non-hydrogen) atoms. The second kappa shape index (κ2) is 3.71. The Morgan fingerprint density at radius 1 is 1.50 bits per heavy atom. The molecule has 0 spiro atoms. The van der Waals surface area contributed by atoms with Crippen LogP contribution in [0, 0.1) is 0 Å². The van der Waals surface area contributed by atoms with Crippen LogP contribution in [0.25, 0.3) is 0 Å². The Bertz CT molecular complexity index is 451. The molecule has 3 amide bonds. The summed E-state index contributed by atoms with van der Waals surface area (Å²) in [7, 11) is 0. The van der Waals surface area contributed by atoms with Crippen molar-refractivity contribution in [3.63, 3.8) is 0 Å². The van der Waals surface area contributed by atoms with Gasteiger partial charge in [0.1, 0.15) is 5.54 Å². The van der Waals surface area contributed by atoms with Crippen LogP contribution < -0.4 is 5.32 Å². The van der Waals surface area contributed by atoms with Gasteiger partial charge in [-0.25, -0.2) is 4.79 Å². The highest BCUT2D eigenvalue weighted by Crippen LogP contribution is 2.17. The number of carbonyl (C=O) groups is 2. The highest BCUT2D eigenvalue weighted by Gasteiger charge is 2.44. The summed E-state index contributed by atoms with van der Waals surface area (Å²) in [6.45, 7) is 3.29. The summed E-state index contributed by atoms with van der Waals surface area (Å²) in [6.07, 6.45) is 1.50. The van der Waals surface area contributed by atoms with Gasteiger partial charge in [0, 0.05) is 4.88 Å². The maximum absolute atomic E-state index is 11.7. The molecular formula is C10H11N3O2S. The molecule has 84 valence electrons. The Kier molecular flexibility index (Phi) is 2.51. The summed E-state index contributed by atoms with van der Waals surface area (Å²) in [5, 5.41) is 9.19. The zero-order chi connectivity index (χ0) is 11.8. The summed E-state index contributed by atoms with van der Waals surface area (Å²) in [5.41, 5.74) is -0.871. The zero-order valence-corrected chi connectivity index (χ0v) is 9.75. The maximum Gasteiger partial charge on any atom is 0.346 e. The minimum absolute atomic E-state index is 0.342. The number of nitrogens with one attached hydrogen (secondary N) is 1. The van der Waals surface area contributed by atoms with Crippen molar-refractivity contribution in [1.29, 1.82) is 0 Å². The van der Waals surface area contributed by atoms with Crippen molar-refractivity contribution in [3.05, 3.63) is 22.4 Å². The first-order valence-corrected chi connectivity index (χ1v) is 5.63. The molecule has 0 atom stereocenters. The summed E-state index contributed by atoms with van der Waals surface area (Å²) in [5.74, 6) is -0.342. The average molecular weight is 237 g/mol. The second-order valence-corrected chi connectivity index (χ2v) is 4.91. The maximum atomic E-state index is 11.7. The number of imide groups is 1. The predicted octanol–water partition coefficient (Wildman–Crippen LogP) is 1.41. The molecule has 0 aliphatic carbocycles. The minimum atomic E-state index is -0.871. The lowest BCUT2D eigenvalue weighted by molar-refractivity contribution is -0.130. The smallest absolute Gasteiger partial charge is 0.322 e. The Labute approximate surface area is 96.8 Å². The number of rotatable bonds is 2. The van der Waals surface area contributed by atoms with Crippen LogP contribution in [0.5, 0.6) is 0 Å². The van der Waals surface area contributed by atoms with Gasteiger partial charge in [0.25, 0.3) is 5.91 Å². The van der Waals surface area contributed by atoms with Gasteiger partial charge in [0.15, 0.2) is 0 Å². The number of hydrazone groups is 1. The molecule has 1 fully saturated rings. The number of urea groups is 1. The molecule has 1 saturated heterocycles. The molecule has 0 radical (unpaired) electrons. The van der Waals surface area contributed by atoms with Crippen LogP contribution in [-0.2, 0) is 4.79 Å². The van der Waals surface area contributed by atoms with E-state index >= 15 is 0 Å². The van der Waals surface area contributed by atoms with E-state index in [0.29, 0.717) is 0 Å². The van der Waals surface area contributed by atoms with Crippen molar-refractivity contribution in [2.75, 3.05) is 0 Å². The fourth-order valence-corrected chi connectivity index (χ4v) is 1.89. The predicted molar refractivity (Wildman–Crippen MR) is 61.4 cm³/mol. The third-order valence-electron chi connectivity index (χ3n) is 2.18. The Morgan fingerprint density at radius 2 is 2.25 bits per heavy atom. The van der Waals surface area contributed by atoms with Gasteiger partial charge < -0.3 is 5.32 Å². The monoisotopic (exact) mass is 237 g/mol. The van der Waals surface area contributed by atoms with E-state index in [1.165, 1.54) is 17.6 Å². The van der Waals surface area contributed by atoms with Gasteiger partial charge in [-0.05, 0) is 25.3 Å². The minimum Gasteiger partial charge on any atom is -0.322 e. The van der Waals surface area contributed by atoms with E-state index in [2.05, 4.69) is 10.4 Å². The van der Waals surface area contributed by atoms with Crippen LogP contribution in [0.1, 0.15) is 18.7 Å². The van der Waals surface area contributed by atoms with Crippen molar-refractivity contribution in [2.24, 2.45) is 5.10 Å². The standard InChI is InChI=1S/C10H11N3O2S/c1-10(2)8(14)13(9(15)12-10)11-6-7-4-3-5-16-7/h3-6H,1-2H3,(H,12,15)/b11-6+. The SMILES string of the molecule is CC1(C)NC(=O)N(/N=C/c2cccs2)C1=O. The Hall–Kier alpha value is -1.69. The summed E-state index contributed by atoms with van der Waals surface area (Å²) < 4.78 is 0. The lowest BCUT2D eigenvalue weighted by atomic mass is 10.1. The zero-order valence-electron chi connectivity index (χ0n) is 8.93. The van der Waals surface area contributed by atoms with E-state index < -0.39 is 11.6 Å². The van der Waals surface area contributed by atoms with Crippen molar-refractivity contribution < 1.29 is 9.59 Å². The van der Waals surface area contributed by atoms with E-state index in [0.717, 1.165) is 9.89 Å². The van der Waals surface area contributed by atoms with Gasteiger partial charge >= 0.3 is 6.03 Å². The molecular weight excluding hydrogens is 226 g/mol. The quantitative estimate of drug-likeness (QED) is 0.624. The van der Waals surface area contributed by atoms with Crippen molar-refractivity contribution >= 4 is 29.5 Å². The molecule has 0 aromatic carbocycles. The molecule has 0 unspecified atom stereocenters. The van der Waals surface area contributed by atoms with Crippen molar-refractivity contribution in [3.8, 4) is 0 Å². The highest BCUT2D eigenvalue weighted by atomic mass is 32.1. The topological polar surface area (TPSA) is 61.8 Å². The highest BCUT2D eigenvalue weighted by molar-refractivity contribution is 7.11. The van der Waals surface area contributed by atoms with Crippen molar-refractivity contribution in [2.45, 2.75) is 19.4 Å². The van der Waals surface area contributed by atoms with Crippen LogP contribution in [0.2, 0.25) is 0 Å². The molecule has 2 heterocycles. The molecule has 1 aromatic heterocycles. The van der Waals surface area contributed by atoms with E-state index in [4.69, 9.17) is 0 Å². The largest absolute Gasteiger partial charge is 0.346 e. The van der Waals surface area contributed by atoms with Gasteiger partial charge in [-0.1, -0.05) is 6.07 Å². The van der Waals surface area contributed by atoms with Gasteiger partial charge in [0.2, 0.25) is 0 Å². The Balaban J connectivity index is 2.17. The van der Waals surface area contributed by atoms with Crippen LogP contribution in [0.4, 0.5) is 4.79 Å². The van der Waals surface area contributed by atoms with E-state index in [-0.39, 0.29) is 5.91 Å². The molecule has 1 N–H and O–H groups in total. The summed E-state index contributed by atoms with van der Waals surface area (Å²) >= 11 is 1.49. The van der Waals surface area contributed by atoms with E-state index in [1.54, 1.807) is 13.8 Å². The molecule has 0 saturated carbocycles. The molecule has 1 aliphatic heterocycles. The fraction of sp³-hybridized carbons (Fsp3) is 0.300. The molecule has 6 heteroatoms. The number of nitrogens with zero attached hydrogens (tertiary/aromatic N) is 2. The second-order valence-electron chi connectivity index (χ2n) is 3.93. The fourth-order valence-electron chi connectivity index (χ4n) is 1.31. The molecule has 2 rings (SSSR count). The van der Waals surface area contributed by atoms with E-state index in [9.17, 15) is 9.59 Å². The first kappa shape index (κ1) is 10.8. The first-order valence-electron chi connectivity index (χ1n) is 4.75. The molecule has 1 aromatic rings. The van der Waals surface area contributed by atoms with Gasteiger partial charge in [-0.15, -0.1) is 16.3 Å². The third kappa shape index (κ3) is 1.83. The molecule has 0 bridgehead atoms.